The van der Waals surface area contributed by atoms with Crippen molar-refractivity contribution in [2.75, 3.05) is 44.2 Å². The molecule has 0 spiro atoms. The largest absolute Gasteiger partial charge is 0.388 e. The highest BCUT2D eigenvalue weighted by atomic mass is 32.2. The van der Waals surface area contributed by atoms with Crippen molar-refractivity contribution < 1.29 is 5.11 Å². The summed E-state index contributed by atoms with van der Waals surface area (Å²) in [5.41, 5.74) is -0.396. The standard InChI is InChI=1S/C14H26N2OS/c17-14(12-15-6-1-2-7-15)4-8-16(9-5-14)13-3-10-18-11-13/h13,17H,1-12H2. The molecule has 3 aliphatic rings. The van der Waals surface area contributed by atoms with Crippen LogP contribution in [0.1, 0.15) is 32.1 Å². The molecule has 0 aromatic heterocycles. The maximum absolute atomic E-state index is 10.7. The fourth-order valence-corrected chi connectivity index (χ4v) is 4.89. The van der Waals surface area contributed by atoms with Gasteiger partial charge in [0, 0.05) is 31.4 Å². The summed E-state index contributed by atoms with van der Waals surface area (Å²) >= 11 is 2.09. The lowest BCUT2D eigenvalue weighted by molar-refractivity contribution is -0.0474. The molecule has 3 rings (SSSR count). The van der Waals surface area contributed by atoms with E-state index in [0.717, 1.165) is 38.5 Å². The highest BCUT2D eigenvalue weighted by Crippen LogP contribution is 2.29. The first-order valence-electron chi connectivity index (χ1n) is 7.52. The maximum atomic E-state index is 10.7. The number of rotatable bonds is 3. The summed E-state index contributed by atoms with van der Waals surface area (Å²) < 4.78 is 0. The lowest BCUT2D eigenvalue weighted by atomic mass is 9.90. The van der Waals surface area contributed by atoms with E-state index in [0.29, 0.717) is 0 Å². The fourth-order valence-electron chi connectivity index (χ4n) is 3.63. The molecular formula is C14H26N2OS. The van der Waals surface area contributed by atoms with Crippen molar-refractivity contribution in [1.82, 2.24) is 9.80 Å². The molecule has 3 fully saturated rings. The Morgan fingerprint density at radius 3 is 2.44 bits per heavy atom. The Kier molecular flexibility index (Phi) is 4.18. The molecule has 0 aliphatic carbocycles. The molecule has 4 heteroatoms. The number of nitrogens with zero attached hydrogens (tertiary/aromatic N) is 2. The van der Waals surface area contributed by atoms with Crippen LogP contribution in [0, 0.1) is 0 Å². The number of likely N-dealkylation sites (tertiary alicyclic amines) is 2. The van der Waals surface area contributed by atoms with E-state index in [4.69, 9.17) is 0 Å². The second-order valence-electron chi connectivity index (χ2n) is 6.26. The van der Waals surface area contributed by atoms with Crippen molar-refractivity contribution in [3.05, 3.63) is 0 Å². The monoisotopic (exact) mass is 270 g/mol. The molecule has 0 aromatic rings. The van der Waals surface area contributed by atoms with E-state index in [1.807, 2.05) is 0 Å². The minimum Gasteiger partial charge on any atom is -0.388 e. The van der Waals surface area contributed by atoms with E-state index in [2.05, 4.69) is 21.6 Å². The third-order valence-electron chi connectivity index (χ3n) is 4.87. The fraction of sp³-hybridized carbons (Fsp3) is 1.00. The molecule has 0 amide bonds. The Labute approximate surface area is 115 Å². The summed E-state index contributed by atoms with van der Waals surface area (Å²) in [6.07, 6.45) is 5.95. The molecule has 3 nitrogen and oxygen atoms in total. The SMILES string of the molecule is OC1(CN2CCCC2)CCN(C2CCSC2)CC1. The van der Waals surface area contributed by atoms with Gasteiger partial charge in [-0.2, -0.15) is 11.8 Å². The van der Waals surface area contributed by atoms with Crippen LogP contribution in [0.4, 0.5) is 0 Å². The highest BCUT2D eigenvalue weighted by molar-refractivity contribution is 7.99. The predicted molar refractivity (Wildman–Crippen MR) is 77.2 cm³/mol. The van der Waals surface area contributed by atoms with Crippen molar-refractivity contribution in [3.63, 3.8) is 0 Å². The van der Waals surface area contributed by atoms with Crippen molar-refractivity contribution >= 4 is 11.8 Å². The van der Waals surface area contributed by atoms with Gasteiger partial charge in [-0.05, 0) is 50.9 Å². The maximum Gasteiger partial charge on any atom is 0.0798 e. The molecule has 0 bridgehead atoms. The van der Waals surface area contributed by atoms with Crippen LogP contribution in [0.25, 0.3) is 0 Å². The van der Waals surface area contributed by atoms with E-state index in [-0.39, 0.29) is 0 Å². The van der Waals surface area contributed by atoms with Crippen LogP contribution >= 0.6 is 11.8 Å². The summed E-state index contributed by atoms with van der Waals surface area (Å²) in [7, 11) is 0. The first-order chi connectivity index (χ1) is 8.75. The van der Waals surface area contributed by atoms with Crippen LogP contribution in [-0.4, -0.2) is 70.8 Å². The third kappa shape index (κ3) is 3.03. The Morgan fingerprint density at radius 2 is 1.83 bits per heavy atom. The van der Waals surface area contributed by atoms with Crippen LogP contribution in [0.3, 0.4) is 0 Å². The zero-order chi connectivity index (χ0) is 12.4. The molecular weight excluding hydrogens is 244 g/mol. The van der Waals surface area contributed by atoms with Crippen molar-refractivity contribution in [2.45, 2.75) is 43.7 Å². The second kappa shape index (κ2) is 5.70. The zero-order valence-electron chi connectivity index (χ0n) is 11.3. The van der Waals surface area contributed by atoms with E-state index in [9.17, 15) is 5.11 Å². The average Bonchev–Trinajstić information content (AvgIpc) is 3.02. The van der Waals surface area contributed by atoms with Crippen LogP contribution in [-0.2, 0) is 0 Å². The van der Waals surface area contributed by atoms with Crippen molar-refractivity contribution in [2.24, 2.45) is 0 Å². The minimum atomic E-state index is -0.396. The number of thioether (sulfide) groups is 1. The zero-order valence-corrected chi connectivity index (χ0v) is 12.1. The number of hydrogen-bond donors (Lipinski definition) is 1. The Balaban J connectivity index is 1.48. The quantitative estimate of drug-likeness (QED) is 0.839. The van der Waals surface area contributed by atoms with E-state index >= 15 is 0 Å². The van der Waals surface area contributed by atoms with Gasteiger partial charge in [-0.3, -0.25) is 4.90 Å². The molecule has 1 atom stereocenters. The Bertz CT molecular complexity index is 267. The number of β-amino-alcohol motifs (C(OH)–C–C–N with tert-alkyl or cyclic N) is 1. The minimum absolute atomic E-state index is 0.396. The summed E-state index contributed by atoms with van der Waals surface area (Å²) in [5.74, 6) is 2.64. The van der Waals surface area contributed by atoms with Gasteiger partial charge in [0.15, 0.2) is 0 Å². The van der Waals surface area contributed by atoms with Gasteiger partial charge in [-0.15, -0.1) is 0 Å². The molecule has 1 unspecified atom stereocenters. The van der Waals surface area contributed by atoms with Crippen LogP contribution < -0.4 is 0 Å². The smallest absolute Gasteiger partial charge is 0.0798 e. The molecule has 1 N–H and O–H groups in total. The molecule has 3 saturated heterocycles. The van der Waals surface area contributed by atoms with Gasteiger partial charge in [0.25, 0.3) is 0 Å². The van der Waals surface area contributed by atoms with E-state index in [1.54, 1.807) is 0 Å². The van der Waals surface area contributed by atoms with Crippen LogP contribution in [0.15, 0.2) is 0 Å². The van der Waals surface area contributed by atoms with Gasteiger partial charge in [0.05, 0.1) is 5.60 Å². The molecule has 0 radical (unpaired) electrons. The lowest BCUT2D eigenvalue weighted by Gasteiger charge is -2.42. The van der Waals surface area contributed by atoms with Gasteiger partial charge >= 0.3 is 0 Å². The van der Waals surface area contributed by atoms with Gasteiger partial charge in [0.1, 0.15) is 0 Å². The van der Waals surface area contributed by atoms with E-state index in [1.165, 1.54) is 43.9 Å². The van der Waals surface area contributed by atoms with Gasteiger partial charge < -0.3 is 10.0 Å². The summed E-state index contributed by atoms with van der Waals surface area (Å²) in [6, 6.07) is 0.798. The molecule has 0 saturated carbocycles. The third-order valence-corrected chi connectivity index (χ3v) is 6.01. The Hall–Kier alpha value is 0.230. The summed E-state index contributed by atoms with van der Waals surface area (Å²) in [6.45, 7) is 5.53. The number of aliphatic hydroxyl groups is 1. The van der Waals surface area contributed by atoms with Gasteiger partial charge in [0.2, 0.25) is 0 Å². The van der Waals surface area contributed by atoms with Crippen LogP contribution in [0.5, 0.6) is 0 Å². The first-order valence-corrected chi connectivity index (χ1v) is 8.67. The Morgan fingerprint density at radius 1 is 1.11 bits per heavy atom. The number of piperidine rings is 1. The normalized spacial score (nSPS) is 34.2. The molecule has 3 heterocycles. The highest BCUT2D eigenvalue weighted by Gasteiger charge is 2.36. The average molecular weight is 270 g/mol. The summed E-state index contributed by atoms with van der Waals surface area (Å²) in [4.78, 5) is 5.08. The molecule has 0 aromatic carbocycles. The second-order valence-corrected chi connectivity index (χ2v) is 7.41. The molecule has 3 aliphatic heterocycles. The molecule has 18 heavy (non-hydrogen) atoms. The molecule has 104 valence electrons. The first kappa shape index (κ1) is 13.2. The number of hydrogen-bond acceptors (Lipinski definition) is 4. The van der Waals surface area contributed by atoms with E-state index < -0.39 is 5.60 Å². The van der Waals surface area contributed by atoms with Gasteiger partial charge in [-0.1, -0.05) is 0 Å². The van der Waals surface area contributed by atoms with Crippen molar-refractivity contribution in [3.8, 4) is 0 Å². The summed E-state index contributed by atoms with van der Waals surface area (Å²) in [5, 5.41) is 10.7. The lowest BCUT2D eigenvalue weighted by Crippen LogP contribution is -2.52. The van der Waals surface area contributed by atoms with Crippen LogP contribution in [0.2, 0.25) is 0 Å². The van der Waals surface area contributed by atoms with Gasteiger partial charge in [-0.25, -0.2) is 0 Å². The topological polar surface area (TPSA) is 26.7 Å². The predicted octanol–water partition coefficient (Wildman–Crippen LogP) is 1.41. The van der Waals surface area contributed by atoms with Crippen molar-refractivity contribution in [1.29, 1.82) is 0 Å².